The maximum absolute atomic E-state index is 8.84. The van der Waals surface area contributed by atoms with Gasteiger partial charge in [-0.15, -0.1) is 0 Å². The number of aliphatic hydroxyl groups is 1. The van der Waals surface area contributed by atoms with Crippen molar-refractivity contribution >= 4 is 40.7 Å². The second kappa shape index (κ2) is 7.23. The predicted octanol–water partition coefficient (Wildman–Crippen LogP) is 5.06. The molecular formula is C20H16ClNO. The van der Waals surface area contributed by atoms with Crippen molar-refractivity contribution in [2.45, 2.75) is 0 Å². The molecule has 2 nitrogen and oxygen atoms in total. The minimum atomic E-state index is 0.0453. The Morgan fingerprint density at radius 1 is 0.913 bits per heavy atom. The maximum Gasteiger partial charge on any atom is 0.0724 e. The van der Waals surface area contributed by atoms with Gasteiger partial charge in [-0.3, -0.25) is 0 Å². The van der Waals surface area contributed by atoms with Gasteiger partial charge in [0.05, 0.1) is 17.8 Å². The zero-order valence-corrected chi connectivity index (χ0v) is 13.2. The molecule has 0 radical (unpaired) electrons. The van der Waals surface area contributed by atoms with E-state index in [9.17, 15) is 0 Å². The zero-order chi connectivity index (χ0) is 16.1. The number of pyridine rings is 1. The highest BCUT2D eigenvalue weighted by molar-refractivity contribution is 6.31. The molecular weight excluding hydrogens is 306 g/mol. The van der Waals surface area contributed by atoms with Crippen molar-refractivity contribution in [3.63, 3.8) is 0 Å². The maximum atomic E-state index is 8.84. The molecule has 0 atom stereocenters. The highest BCUT2D eigenvalue weighted by atomic mass is 35.5. The van der Waals surface area contributed by atoms with E-state index in [1.165, 1.54) is 0 Å². The summed E-state index contributed by atoms with van der Waals surface area (Å²) in [6.07, 6.45) is 7.62. The molecule has 3 heteroatoms. The van der Waals surface area contributed by atoms with Gasteiger partial charge in [-0.25, -0.2) is 4.98 Å². The third kappa shape index (κ3) is 4.07. The Labute approximate surface area is 140 Å². The monoisotopic (exact) mass is 321 g/mol. The van der Waals surface area contributed by atoms with E-state index in [0.29, 0.717) is 5.02 Å². The van der Waals surface area contributed by atoms with Crippen LogP contribution in [0.4, 0.5) is 0 Å². The van der Waals surface area contributed by atoms with Crippen molar-refractivity contribution in [3.05, 3.63) is 82.5 Å². The van der Waals surface area contributed by atoms with Crippen LogP contribution in [-0.4, -0.2) is 16.7 Å². The average molecular weight is 322 g/mol. The second-order valence-electron chi connectivity index (χ2n) is 5.16. The van der Waals surface area contributed by atoms with E-state index in [1.54, 1.807) is 6.08 Å². The molecule has 0 saturated carbocycles. The third-order valence-corrected chi connectivity index (χ3v) is 3.68. The van der Waals surface area contributed by atoms with Gasteiger partial charge in [-0.2, -0.15) is 0 Å². The third-order valence-electron chi connectivity index (χ3n) is 3.45. The largest absolute Gasteiger partial charge is 0.392 e. The first-order valence-electron chi connectivity index (χ1n) is 7.36. The Kier molecular flexibility index (Phi) is 4.86. The van der Waals surface area contributed by atoms with Gasteiger partial charge in [0.1, 0.15) is 0 Å². The van der Waals surface area contributed by atoms with Gasteiger partial charge in [-0.05, 0) is 41.5 Å². The summed E-state index contributed by atoms with van der Waals surface area (Å²) in [5.41, 5.74) is 3.91. The number of fused-ring (bicyclic) bond motifs is 1. The number of nitrogens with zero attached hydrogens (tertiary/aromatic N) is 1. The minimum absolute atomic E-state index is 0.0453. The number of rotatable bonds is 4. The smallest absolute Gasteiger partial charge is 0.0724 e. The SMILES string of the molecule is OCC=Cc1cccc(/C=C/c2ccc3ccc(Cl)cc3n2)c1. The second-order valence-corrected chi connectivity index (χ2v) is 5.60. The highest BCUT2D eigenvalue weighted by Gasteiger charge is 1.97. The highest BCUT2D eigenvalue weighted by Crippen LogP contribution is 2.19. The van der Waals surface area contributed by atoms with Crippen LogP contribution in [0.5, 0.6) is 0 Å². The first-order chi connectivity index (χ1) is 11.2. The zero-order valence-electron chi connectivity index (χ0n) is 12.5. The molecule has 1 heterocycles. The van der Waals surface area contributed by atoms with Gasteiger partial charge in [0.15, 0.2) is 0 Å². The van der Waals surface area contributed by atoms with E-state index in [4.69, 9.17) is 16.7 Å². The summed E-state index contributed by atoms with van der Waals surface area (Å²) in [7, 11) is 0. The number of halogens is 1. The Balaban J connectivity index is 1.86. The lowest BCUT2D eigenvalue weighted by molar-refractivity contribution is 0.343. The normalized spacial score (nSPS) is 11.7. The van der Waals surface area contributed by atoms with Crippen LogP contribution in [-0.2, 0) is 0 Å². The summed E-state index contributed by atoms with van der Waals surface area (Å²) in [6.45, 7) is 0.0453. The Morgan fingerprint density at radius 3 is 2.52 bits per heavy atom. The molecule has 3 aromatic rings. The number of benzene rings is 2. The Morgan fingerprint density at radius 2 is 1.70 bits per heavy atom. The average Bonchev–Trinajstić information content (AvgIpc) is 2.58. The summed E-state index contributed by atoms with van der Waals surface area (Å²) in [4.78, 5) is 4.60. The molecule has 0 amide bonds. The lowest BCUT2D eigenvalue weighted by atomic mass is 10.1. The van der Waals surface area contributed by atoms with Gasteiger partial charge in [-0.1, -0.05) is 60.2 Å². The summed E-state index contributed by atoms with van der Waals surface area (Å²) in [6, 6.07) is 17.8. The fourth-order valence-corrected chi connectivity index (χ4v) is 2.50. The predicted molar refractivity (Wildman–Crippen MR) is 98.2 cm³/mol. The number of hydrogen-bond donors (Lipinski definition) is 1. The van der Waals surface area contributed by atoms with Crippen LogP contribution >= 0.6 is 11.6 Å². The standard InChI is InChI=1S/C20H16ClNO/c21-18-9-7-17-8-11-19(22-20(17)14-18)10-6-16-4-1-3-15(13-16)5-2-12-23/h1-11,13-14,23H,12H2/b5-2?,10-6+. The molecule has 23 heavy (non-hydrogen) atoms. The number of aliphatic hydroxyl groups excluding tert-OH is 1. The van der Waals surface area contributed by atoms with Gasteiger partial charge in [0.25, 0.3) is 0 Å². The minimum Gasteiger partial charge on any atom is -0.392 e. The molecule has 1 N–H and O–H groups in total. The molecule has 1 aromatic heterocycles. The fourth-order valence-electron chi connectivity index (χ4n) is 2.34. The van der Waals surface area contributed by atoms with Crippen LogP contribution in [0.1, 0.15) is 16.8 Å². The van der Waals surface area contributed by atoms with E-state index < -0.39 is 0 Å². The van der Waals surface area contributed by atoms with Gasteiger partial charge >= 0.3 is 0 Å². The van der Waals surface area contributed by atoms with Crippen molar-refractivity contribution in [1.82, 2.24) is 4.98 Å². The number of aromatic nitrogens is 1. The summed E-state index contributed by atoms with van der Waals surface area (Å²) in [5.74, 6) is 0. The van der Waals surface area contributed by atoms with E-state index in [2.05, 4.69) is 11.1 Å². The first kappa shape index (κ1) is 15.5. The molecule has 0 spiro atoms. The van der Waals surface area contributed by atoms with Crippen LogP contribution in [0.15, 0.2) is 60.7 Å². The van der Waals surface area contributed by atoms with Crippen molar-refractivity contribution in [2.24, 2.45) is 0 Å². The van der Waals surface area contributed by atoms with Gasteiger partial charge < -0.3 is 5.11 Å². The molecule has 114 valence electrons. The van der Waals surface area contributed by atoms with Crippen LogP contribution in [0, 0.1) is 0 Å². The molecule has 0 unspecified atom stereocenters. The van der Waals surface area contributed by atoms with E-state index in [0.717, 1.165) is 27.7 Å². The molecule has 0 aliphatic carbocycles. The van der Waals surface area contributed by atoms with Crippen LogP contribution in [0.3, 0.4) is 0 Å². The molecule has 2 aromatic carbocycles. The quantitative estimate of drug-likeness (QED) is 0.728. The molecule has 0 bridgehead atoms. The molecule has 3 rings (SSSR count). The van der Waals surface area contributed by atoms with Crippen molar-refractivity contribution in [1.29, 1.82) is 0 Å². The van der Waals surface area contributed by atoms with Gasteiger partial charge in [0, 0.05) is 10.4 Å². The topological polar surface area (TPSA) is 33.1 Å². The first-order valence-corrected chi connectivity index (χ1v) is 7.74. The van der Waals surface area contributed by atoms with E-state index in [-0.39, 0.29) is 6.61 Å². The van der Waals surface area contributed by atoms with Crippen LogP contribution < -0.4 is 0 Å². The van der Waals surface area contributed by atoms with Crippen LogP contribution in [0.2, 0.25) is 5.02 Å². The molecule has 0 saturated heterocycles. The fraction of sp³-hybridized carbons (Fsp3) is 0.0500. The van der Waals surface area contributed by atoms with Crippen molar-refractivity contribution in [3.8, 4) is 0 Å². The molecule has 0 aliphatic rings. The Bertz CT molecular complexity index is 884. The van der Waals surface area contributed by atoms with Crippen LogP contribution in [0.25, 0.3) is 29.1 Å². The summed E-state index contributed by atoms with van der Waals surface area (Å²) >= 11 is 6.02. The lowest BCUT2D eigenvalue weighted by Gasteiger charge is -2.00. The van der Waals surface area contributed by atoms with E-state index >= 15 is 0 Å². The van der Waals surface area contributed by atoms with Crippen molar-refractivity contribution in [2.75, 3.05) is 6.61 Å². The lowest BCUT2D eigenvalue weighted by Crippen LogP contribution is -1.83. The molecule has 0 fully saturated rings. The van der Waals surface area contributed by atoms with E-state index in [1.807, 2.05) is 66.8 Å². The Hall–Kier alpha value is -2.42. The van der Waals surface area contributed by atoms with Crippen molar-refractivity contribution < 1.29 is 5.11 Å². The molecule has 0 aliphatic heterocycles. The summed E-state index contributed by atoms with van der Waals surface area (Å²) < 4.78 is 0. The summed E-state index contributed by atoms with van der Waals surface area (Å²) in [5, 5.41) is 10.6. The number of hydrogen-bond acceptors (Lipinski definition) is 2. The van der Waals surface area contributed by atoms with Gasteiger partial charge in [0.2, 0.25) is 0 Å².